The van der Waals surface area contributed by atoms with Crippen LogP contribution in [0.4, 0.5) is 0 Å². The van der Waals surface area contributed by atoms with Crippen molar-refractivity contribution in [2.45, 2.75) is 46.6 Å². The zero-order valence-corrected chi connectivity index (χ0v) is 18.8. The average molecular weight is 426 g/mol. The van der Waals surface area contributed by atoms with E-state index in [-0.39, 0.29) is 30.2 Å². The summed E-state index contributed by atoms with van der Waals surface area (Å²) >= 11 is 1.42. The van der Waals surface area contributed by atoms with Crippen molar-refractivity contribution >= 4 is 29.5 Å². The van der Waals surface area contributed by atoms with Crippen LogP contribution in [0.3, 0.4) is 0 Å². The standard InChI is InChI=1S/C22H31NO3S.ClH/c1-16-14-27-21(19(25)11-10-17-8-6-5-7-9-17)20(16)26-13-18(24)12-23-15-22(2,3)4;/h5-9,14,18,23-24H,10-13,15H2,1-4H3;1H. The number of aliphatic hydroxyl groups is 1. The Balaban J connectivity index is 0.00000392. The van der Waals surface area contributed by atoms with Crippen LogP contribution in [-0.2, 0) is 6.42 Å². The fourth-order valence-electron chi connectivity index (χ4n) is 2.67. The Morgan fingerprint density at radius 2 is 1.93 bits per heavy atom. The Morgan fingerprint density at radius 3 is 2.57 bits per heavy atom. The first-order chi connectivity index (χ1) is 12.8. The van der Waals surface area contributed by atoms with Crippen molar-refractivity contribution in [2.75, 3.05) is 19.7 Å². The molecule has 0 amide bonds. The van der Waals surface area contributed by atoms with Gasteiger partial charge in [0, 0.05) is 25.1 Å². The topological polar surface area (TPSA) is 58.6 Å². The number of halogens is 1. The molecule has 4 nitrogen and oxygen atoms in total. The maximum Gasteiger partial charge on any atom is 0.176 e. The first-order valence-corrected chi connectivity index (χ1v) is 10.3. The highest BCUT2D eigenvalue weighted by Gasteiger charge is 2.19. The third kappa shape index (κ3) is 8.31. The molecular weight excluding hydrogens is 394 g/mol. The molecule has 1 atom stereocenters. The third-order valence-electron chi connectivity index (χ3n) is 4.11. The van der Waals surface area contributed by atoms with E-state index < -0.39 is 6.10 Å². The van der Waals surface area contributed by atoms with Gasteiger partial charge in [0.2, 0.25) is 0 Å². The lowest BCUT2D eigenvalue weighted by Gasteiger charge is -2.20. The molecule has 2 N–H and O–H groups in total. The molecule has 1 heterocycles. The van der Waals surface area contributed by atoms with E-state index >= 15 is 0 Å². The number of aliphatic hydroxyl groups excluding tert-OH is 1. The number of aryl methyl sites for hydroxylation is 2. The van der Waals surface area contributed by atoms with E-state index in [9.17, 15) is 9.90 Å². The molecule has 0 spiro atoms. The number of Topliss-reactive ketones (excluding diaryl/α,β-unsaturated/α-hetero) is 1. The number of ether oxygens (including phenoxy) is 1. The molecule has 0 aliphatic carbocycles. The smallest absolute Gasteiger partial charge is 0.176 e. The zero-order valence-electron chi connectivity index (χ0n) is 17.2. The summed E-state index contributed by atoms with van der Waals surface area (Å²) in [4.78, 5) is 13.3. The average Bonchev–Trinajstić information content (AvgIpc) is 2.98. The van der Waals surface area contributed by atoms with E-state index in [2.05, 4.69) is 26.1 Å². The van der Waals surface area contributed by atoms with Gasteiger partial charge in [-0.2, -0.15) is 0 Å². The number of hydrogen-bond acceptors (Lipinski definition) is 5. The molecule has 0 bridgehead atoms. The number of carbonyl (C=O) groups is 1. The van der Waals surface area contributed by atoms with Gasteiger partial charge in [0.15, 0.2) is 5.78 Å². The summed E-state index contributed by atoms with van der Waals surface area (Å²) in [6.45, 7) is 9.83. The van der Waals surface area contributed by atoms with Crippen LogP contribution in [0.5, 0.6) is 5.75 Å². The highest BCUT2D eigenvalue weighted by molar-refractivity contribution is 7.12. The lowest BCUT2D eigenvalue weighted by molar-refractivity contribution is 0.0950. The summed E-state index contributed by atoms with van der Waals surface area (Å²) in [6, 6.07) is 10.0. The molecule has 2 rings (SSSR count). The Labute approximate surface area is 178 Å². The van der Waals surface area contributed by atoms with E-state index in [4.69, 9.17) is 4.74 Å². The van der Waals surface area contributed by atoms with Gasteiger partial charge in [0.25, 0.3) is 0 Å². The first-order valence-electron chi connectivity index (χ1n) is 9.43. The maximum absolute atomic E-state index is 12.6. The summed E-state index contributed by atoms with van der Waals surface area (Å²) in [6.07, 6.45) is 0.560. The minimum absolute atomic E-state index is 0. The number of hydrogen-bond donors (Lipinski definition) is 2. The van der Waals surface area contributed by atoms with Crippen LogP contribution in [0.15, 0.2) is 35.7 Å². The van der Waals surface area contributed by atoms with Crippen molar-refractivity contribution < 1.29 is 14.6 Å². The van der Waals surface area contributed by atoms with Crippen molar-refractivity contribution in [3.05, 3.63) is 51.7 Å². The van der Waals surface area contributed by atoms with E-state index in [0.717, 1.165) is 24.1 Å². The predicted molar refractivity (Wildman–Crippen MR) is 119 cm³/mol. The van der Waals surface area contributed by atoms with Crippen LogP contribution in [0, 0.1) is 12.3 Å². The van der Waals surface area contributed by atoms with Crippen LogP contribution < -0.4 is 10.1 Å². The third-order valence-corrected chi connectivity index (χ3v) is 5.23. The van der Waals surface area contributed by atoms with Gasteiger partial charge in [-0.1, -0.05) is 51.1 Å². The van der Waals surface area contributed by atoms with Crippen LogP contribution >= 0.6 is 23.7 Å². The van der Waals surface area contributed by atoms with Crippen molar-refractivity contribution in [3.63, 3.8) is 0 Å². The molecule has 0 aliphatic rings. The maximum atomic E-state index is 12.6. The van der Waals surface area contributed by atoms with E-state index in [1.165, 1.54) is 11.3 Å². The molecule has 0 fully saturated rings. The number of benzene rings is 1. The predicted octanol–water partition coefficient (Wildman–Crippen LogP) is 4.67. The Hall–Kier alpha value is -1.40. The Bertz CT molecular complexity index is 725. The highest BCUT2D eigenvalue weighted by Crippen LogP contribution is 2.31. The van der Waals surface area contributed by atoms with Gasteiger partial charge in [-0.25, -0.2) is 0 Å². The number of rotatable bonds is 10. The number of ketones is 1. The van der Waals surface area contributed by atoms with Crippen LogP contribution in [0.1, 0.15) is 48.0 Å². The SMILES string of the molecule is Cc1csc(C(=O)CCc2ccccc2)c1OCC(O)CNCC(C)(C)C.Cl. The molecule has 0 saturated carbocycles. The molecule has 0 aliphatic heterocycles. The van der Waals surface area contributed by atoms with Crippen molar-refractivity contribution in [1.29, 1.82) is 0 Å². The molecular formula is C22H32ClNO3S. The van der Waals surface area contributed by atoms with Crippen LogP contribution in [-0.4, -0.2) is 36.7 Å². The number of carbonyl (C=O) groups excluding carboxylic acids is 1. The molecule has 0 radical (unpaired) electrons. The summed E-state index contributed by atoms with van der Waals surface area (Å²) in [5.41, 5.74) is 2.27. The van der Waals surface area contributed by atoms with Gasteiger partial charge in [0.1, 0.15) is 23.3 Å². The summed E-state index contributed by atoms with van der Waals surface area (Å²) in [5.74, 6) is 0.709. The quantitative estimate of drug-likeness (QED) is 0.543. The molecule has 2 aromatic rings. The minimum atomic E-state index is -0.612. The van der Waals surface area contributed by atoms with Gasteiger partial charge in [-0.3, -0.25) is 4.79 Å². The van der Waals surface area contributed by atoms with E-state index in [0.29, 0.717) is 23.6 Å². The van der Waals surface area contributed by atoms with Gasteiger partial charge in [-0.15, -0.1) is 23.7 Å². The highest BCUT2D eigenvalue weighted by atomic mass is 35.5. The molecule has 0 saturated heterocycles. The molecule has 1 unspecified atom stereocenters. The van der Waals surface area contributed by atoms with E-state index in [1.54, 1.807) is 0 Å². The number of nitrogens with one attached hydrogen (secondary N) is 1. The fraction of sp³-hybridized carbons (Fsp3) is 0.500. The molecule has 6 heteroatoms. The fourth-order valence-corrected chi connectivity index (χ4v) is 3.64. The second-order valence-electron chi connectivity index (χ2n) is 8.14. The zero-order chi connectivity index (χ0) is 19.9. The summed E-state index contributed by atoms with van der Waals surface area (Å²) in [5, 5.41) is 15.3. The van der Waals surface area contributed by atoms with Crippen molar-refractivity contribution in [2.24, 2.45) is 5.41 Å². The van der Waals surface area contributed by atoms with Gasteiger partial charge < -0.3 is 15.2 Å². The molecule has 1 aromatic carbocycles. The summed E-state index contributed by atoms with van der Waals surface area (Å²) in [7, 11) is 0. The molecule has 156 valence electrons. The first kappa shape index (κ1) is 24.6. The monoisotopic (exact) mass is 425 g/mol. The van der Waals surface area contributed by atoms with Gasteiger partial charge in [-0.05, 0) is 29.7 Å². The van der Waals surface area contributed by atoms with E-state index in [1.807, 2.05) is 42.6 Å². The normalized spacial score (nSPS) is 12.3. The van der Waals surface area contributed by atoms with Crippen molar-refractivity contribution in [1.82, 2.24) is 5.32 Å². The lowest BCUT2D eigenvalue weighted by Crippen LogP contribution is -2.36. The van der Waals surface area contributed by atoms with Crippen LogP contribution in [0.2, 0.25) is 0 Å². The van der Waals surface area contributed by atoms with Gasteiger partial charge >= 0.3 is 0 Å². The molecule has 28 heavy (non-hydrogen) atoms. The van der Waals surface area contributed by atoms with Crippen molar-refractivity contribution in [3.8, 4) is 5.75 Å². The van der Waals surface area contributed by atoms with Crippen LogP contribution in [0.25, 0.3) is 0 Å². The summed E-state index contributed by atoms with van der Waals surface area (Å²) < 4.78 is 5.83. The Morgan fingerprint density at radius 1 is 1.25 bits per heavy atom. The Kier molecular flexibility index (Phi) is 10.2. The second kappa shape index (κ2) is 11.6. The second-order valence-corrected chi connectivity index (χ2v) is 9.02. The molecule has 1 aromatic heterocycles. The lowest BCUT2D eigenvalue weighted by atomic mass is 9.97. The van der Waals surface area contributed by atoms with Gasteiger partial charge in [0.05, 0.1) is 0 Å². The minimum Gasteiger partial charge on any atom is -0.489 e. The largest absolute Gasteiger partial charge is 0.489 e. The number of thiophene rings is 1.